The molecule has 0 aliphatic rings. The van der Waals surface area contributed by atoms with E-state index in [0.29, 0.717) is 17.4 Å². The Morgan fingerprint density at radius 3 is 2.67 bits per heavy atom. The Bertz CT molecular complexity index is 872. The van der Waals surface area contributed by atoms with Crippen LogP contribution in [0.3, 0.4) is 0 Å². The smallest absolute Gasteiger partial charge is 0.292 e. The van der Waals surface area contributed by atoms with Crippen molar-refractivity contribution in [1.82, 2.24) is 24.5 Å². The molecule has 3 aromatic rings. The predicted octanol–water partition coefficient (Wildman–Crippen LogP) is 0.623. The number of rotatable bonds is 6. The minimum atomic E-state index is -0.625. The van der Waals surface area contributed by atoms with Crippen LogP contribution in [0.1, 0.15) is 5.56 Å². The Morgan fingerprint density at radius 2 is 1.92 bits per heavy atom. The molecule has 0 spiro atoms. The predicted molar refractivity (Wildman–Crippen MR) is 91.6 cm³/mol. The van der Waals surface area contributed by atoms with Gasteiger partial charge in [-0.1, -0.05) is 30.3 Å². The van der Waals surface area contributed by atoms with E-state index in [9.17, 15) is 9.90 Å². The lowest BCUT2D eigenvalue weighted by molar-refractivity contribution is 0.105. The van der Waals surface area contributed by atoms with Crippen molar-refractivity contribution < 1.29 is 5.11 Å². The number of fused-ring (bicyclic) bond motifs is 1. The summed E-state index contributed by atoms with van der Waals surface area (Å²) in [4.78, 5) is 14.2. The first-order valence-electron chi connectivity index (χ1n) is 7.83. The van der Waals surface area contributed by atoms with E-state index in [4.69, 9.17) is 0 Å². The highest BCUT2D eigenvalue weighted by Crippen LogP contribution is 2.09. The maximum atomic E-state index is 12.2. The van der Waals surface area contributed by atoms with Crippen LogP contribution in [0.2, 0.25) is 0 Å². The number of hydrogen-bond donors (Lipinski definition) is 1. The second-order valence-corrected chi connectivity index (χ2v) is 6.04. The van der Waals surface area contributed by atoms with Crippen LogP contribution < -0.4 is 5.56 Å². The van der Waals surface area contributed by atoms with Crippen molar-refractivity contribution in [2.45, 2.75) is 19.2 Å². The van der Waals surface area contributed by atoms with Gasteiger partial charge in [-0.25, -0.2) is 4.68 Å². The second-order valence-electron chi connectivity index (χ2n) is 6.04. The van der Waals surface area contributed by atoms with E-state index in [1.807, 2.05) is 30.1 Å². The molecule has 0 radical (unpaired) electrons. The fraction of sp³-hybridized carbons (Fsp3) is 0.353. The van der Waals surface area contributed by atoms with Crippen LogP contribution in [0, 0.1) is 0 Å². The Morgan fingerprint density at radius 1 is 1.21 bits per heavy atom. The lowest BCUT2D eigenvalue weighted by Gasteiger charge is -2.20. The highest BCUT2D eigenvalue weighted by molar-refractivity contribution is 5.76. The number of aliphatic hydroxyl groups excluding tert-OH is 1. The minimum absolute atomic E-state index is 0.213. The number of aryl methyl sites for hydroxylation is 1. The summed E-state index contributed by atoms with van der Waals surface area (Å²) in [6.45, 7) is 1.51. The molecular weight excluding hydrogens is 306 g/mol. The highest BCUT2D eigenvalue weighted by atomic mass is 16.3. The molecule has 0 fully saturated rings. The van der Waals surface area contributed by atoms with E-state index in [-0.39, 0.29) is 12.1 Å². The van der Waals surface area contributed by atoms with E-state index in [1.54, 1.807) is 24.1 Å². The molecular formula is C17H21N5O2. The van der Waals surface area contributed by atoms with Gasteiger partial charge in [-0.3, -0.25) is 14.4 Å². The van der Waals surface area contributed by atoms with Gasteiger partial charge in [0.25, 0.3) is 5.56 Å². The maximum absolute atomic E-state index is 12.2. The van der Waals surface area contributed by atoms with Crippen LogP contribution >= 0.6 is 0 Å². The van der Waals surface area contributed by atoms with Gasteiger partial charge in [0.05, 0.1) is 25.0 Å². The van der Waals surface area contributed by atoms with Gasteiger partial charge in [-0.15, -0.1) is 0 Å². The van der Waals surface area contributed by atoms with Crippen molar-refractivity contribution >= 4 is 10.9 Å². The molecule has 0 saturated heterocycles. The molecule has 1 atom stereocenters. The van der Waals surface area contributed by atoms with Crippen molar-refractivity contribution in [3.05, 3.63) is 58.6 Å². The topological polar surface area (TPSA) is 76.2 Å². The van der Waals surface area contributed by atoms with Crippen molar-refractivity contribution in [3.63, 3.8) is 0 Å². The average molecular weight is 327 g/mol. The summed E-state index contributed by atoms with van der Waals surface area (Å²) in [6.07, 6.45) is 2.58. The summed E-state index contributed by atoms with van der Waals surface area (Å²) in [6, 6.07) is 10.1. The molecule has 0 aliphatic carbocycles. The molecule has 0 amide bonds. The third-order valence-corrected chi connectivity index (χ3v) is 3.94. The third kappa shape index (κ3) is 3.52. The van der Waals surface area contributed by atoms with Gasteiger partial charge >= 0.3 is 0 Å². The third-order valence-electron chi connectivity index (χ3n) is 3.94. The zero-order valence-corrected chi connectivity index (χ0v) is 13.8. The number of aromatic nitrogens is 4. The molecule has 2 aromatic heterocycles. The molecule has 1 N–H and O–H groups in total. The van der Waals surface area contributed by atoms with Gasteiger partial charge in [0.15, 0.2) is 0 Å². The lowest BCUT2D eigenvalue weighted by atomic mass is 10.2. The summed E-state index contributed by atoms with van der Waals surface area (Å²) in [7, 11) is 3.56. The SMILES string of the molecule is CN(Cc1ccccc1)C[C@@H](O)Cn1ncc2cnn(C)c(=O)c21. The van der Waals surface area contributed by atoms with E-state index in [1.165, 1.54) is 10.2 Å². The summed E-state index contributed by atoms with van der Waals surface area (Å²) in [5.41, 5.74) is 1.45. The molecule has 1 aromatic carbocycles. The van der Waals surface area contributed by atoms with Crippen LogP contribution in [-0.4, -0.2) is 49.3 Å². The maximum Gasteiger partial charge on any atom is 0.292 e. The van der Waals surface area contributed by atoms with Crippen molar-refractivity contribution in [3.8, 4) is 0 Å². The van der Waals surface area contributed by atoms with Gasteiger partial charge in [0.1, 0.15) is 5.52 Å². The Labute approximate surface area is 139 Å². The number of nitrogens with zero attached hydrogens (tertiary/aromatic N) is 5. The molecule has 0 aliphatic heterocycles. The molecule has 7 heteroatoms. The Balaban J connectivity index is 1.68. The van der Waals surface area contributed by atoms with Crippen LogP contribution in [0.4, 0.5) is 0 Å². The van der Waals surface area contributed by atoms with Gasteiger partial charge in [-0.2, -0.15) is 10.2 Å². The first kappa shape index (κ1) is 16.4. The standard InChI is InChI=1S/C17H21N5O2/c1-20(10-13-6-4-3-5-7-13)11-15(23)12-22-16-14(9-19-22)8-18-21(2)17(16)24/h3-9,15,23H,10-12H2,1-2H3/t15-/m1/s1. The minimum Gasteiger partial charge on any atom is -0.390 e. The molecule has 126 valence electrons. The Kier molecular flexibility index (Phi) is 4.73. The number of benzene rings is 1. The molecule has 3 rings (SSSR count). The first-order valence-corrected chi connectivity index (χ1v) is 7.83. The van der Waals surface area contributed by atoms with E-state index in [0.717, 1.165) is 6.54 Å². The van der Waals surface area contributed by atoms with Crippen molar-refractivity contribution in [1.29, 1.82) is 0 Å². The number of likely N-dealkylation sites (N-methyl/N-ethyl adjacent to an activating group) is 1. The molecule has 24 heavy (non-hydrogen) atoms. The van der Waals surface area contributed by atoms with Gasteiger partial charge in [-0.05, 0) is 12.6 Å². The van der Waals surface area contributed by atoms with E-state index < -0.39 is 6.10 Å². The molecule has 7 nitrogen and oxygen atoms in total. The lowest BCUT2D eigenvalue weighted by Crippen LogP contribution is -2.33. The number of aliphatic hydroxyl groups is 1. The molecule has 0 saturated carbocycles. The average Bonchev–Trinajstić information content (AvgIpc) is 2.95. The van der Waals surface area contributed by atoms with Gasteiger partial charge in [0, 0.05) is 25.5 Å². The summed E-state index contributed by atoms with van der Waals surface area (Å²) in [5.74, 6) is 0. The summed E-state index contributed by atoms with van der Waals surface area (Å²) >= 11 is 0. The van der Waals surface area contributed by atoms with Crippen molar-refractivity contribution in [2.24, 2.45) is 7.05 Å². The molecule has 0 unspecified atom stereocenters. The Hall–Kier alpha value is -2.51. The quantitative estimate of drug-likeness (QED) is 0.718. The first-order chi connectivity index (χ1) is 11.5. The summed E-state index contributed by atoms with van der Waals surface area (Å²) < 4.78 is 2.83. The van der Waals surface area contributed by atoms with E-state index in [2.05, 4.69) is 22.3 Å². The van der Waals surface area contributed by atoms with Gasteiger partial charge in [0.2, 0.25) is 0 Å². The zero-order valence-electron chi connectivity index (χ0n) is 13.8. The van der Waals surface area contributed by atoms with Crippen LogP contribution in [0.25, 0.3) is 10.9 Å². The van der Waals surface area contributed by atoms with Crippen LogP contribution in [-0.2, 0) is 20.1 Å². The largest absolute Gasteiger partial charge is 0.390 e. The second kappa shape index (κ2) is 6.94. The highest BCUT2D eigenvalue weighted by Gasteiger charge is 2.14. The van der Waals surface area contributed by atoms with Crippen LogP contribution in [0.15, 0.2) is 47.5 Å². The van der Waals surface area contributed by atoms with Crippen LogP contribution in [0.5, 0.6) is 0 Å². The molecule has 2 heterocycles. The summed E-state index contributed by atoms with van der Waals surface area (Å²) in [5, 5.41) is 19.2. The number of hydrogen-bond acceptors (Lipinski definition) is 5. The normalized spacial score (nSPS) is 12.8. The van der Waals surface area contributed by atoms with Gasteiger partial charge < -0.3 is 5.11 Å². The van der Waals surface area contributed by atoms with E-state index >= 15 is 0 Å². The fourth-order valence-electron chi connectivity index (χ4n) is 2.80. The van der Waals surface area contributed by atoms with Crippen molar-refractivity contribution in [2.75, 3.05) is 13.6 Å². The molecule has 0 bridgehead atoms. The zero-order chi connectivity index (χ0) is 17.1. The monoisotopic (exact) mass is 327 g/mol. The fourth-order valence-corrected chi connectivity index (χ4v) is 2.80.